The smallest absolute Gasteiger partial charge is 0.490 e. The van der Waals surface area contributed by atoms with E-state index in [0.29, 0.717) is 18.7 Å². The number of likely N-dealkylation sites (tertiary alicyclic amines) is 1. The Hall–Kier alpha value is -1.47. The zero-order chi connectivity index (χ0) is 16.9. The largest absolute Gasteiger partial charge is 0.573 e. The molecule has 1 aliphatic rings. The minimum absolute atomic E-state index is 0.00679. The normalized spacial score (nSPS) is 17.0. The van der Waals surface area contributed by atoms with Crippen molar-refractivity contribution in [3.8, 4) is 11.5 Å². The zero-order valence-corrected chi connectivity index (χ0v) is 13.1. The van der Waals surface area contributed by atoms with E-state index >= 15 is 0 Å². The van der Waals surface area contributed by atoms with Crippen LogP contribution in [0.4, 0.5) is 13.2 Å². The van der Waals surface area contributed by atoms with Gasteiger partial charge in [-0.05, 0) is 48.7 Å². The van der Waals surface area contributed by atoms with Gasteiger partial charge in [-0.25, -0.2) is 0 Å². The van der Waals surface area contributed by atoms with Crippen LogP contribution in [0.5, 0.6) is 11.5 Å². The van der Waals surface area contributed by atoms with Gasteiger partial charge in [0.15, 0.2) is 0 Å². The first-order chi connectivity index (χ1) is 10.8. The second kappa shape index (κ2) is 7.88. The lowest BCUT2D eigenvalue weighted by atomic mass is 10.1. The molecule has 0 unspecified atom stereocenters. The highest BCUT2D eigenvalue weighted by Crippen LogP contribution is 2.26. The molecule has 1 heterocycles. The van der Waals surface area contributed by atoms with Gasteiger partial charge >= 0.3 is 6.36 Å². The third kappa shape index (κ3) is 6.66. The molecule has 0 amide bonds. The molecule has 0 radical (unpaired) electrons. The summed E-state index contributed by atoms with van der Waals surface area (Å²) in [6, 6.07) is 5.37. The van der Waals surface area contributed by atoms with Gasteiger partial charge in [-0.1, -0.05) is 0 Å². The molecule has 4 nitrogen and oxygen atoms in total. The molecule has 8 heteroatoms. The van der Waals surface area contributed by atoms with Gasteiger partial charge in [-0.2, -0.15) is 0 Å². The standard InChI is InChI=1S/C15H17ClF3NO3/c16-14(21)7-10-20-8-5-12(6-9-20)22-11-1-3-13(4-2-11)23-15(17,18)19/h1-4,12H,5-10H2. The molecule has 2 rings (SSSR count). The lowest BCUT2D eigenvalue weighted by molar-refractivity contribution is -0.274. The van der Waals surface area contributed by atoms with Crippen molar-refractivity contribution in [2.45, 2.75) is 31.7 Å². The van der Waals surface area contributed by atoms with Crippen LogP contribution in [-0.4, -0.2) is 42.2 Å². The number of rotatable bonds is 6. The second-order valence-electron chi connectivity index (χ2n) is 5.28. The van der Waals surface area contributed by atoms with Crippen LogP contribution in [-0.2, 0) is 4.79 Å². The Bertz CT molecular complexity index is 514. The van der Waals surface area contributed by atoms with E-state index in [0.717, 1.165) is 25.9 Å². The van der Waals surface area contributed by atoms with Gasteiger partial charge in [0.25, 0.3) is 0 Å². The topological polar surface area (TPSA) is 38.8 Å². The molecule has 0 N–H and O–H groups in total. The van der Waals surface area contributed by atoms with Crippen LogP contribution in [0.15, 0.2) is 24.3 Å². The molecule has 1 fully saturated rings. The molecule has 23 heavy (non-hydrogen) atoms. The molecular weight excluding hydrogens is 335 g/mol. The number of carbonyl (C=O) groups excluding carboxylic acids is 1. The molecule has 1 saturated heterocycles. The van der Waals surface area contributed by atoms with Crippen LogP contribution in [0.25, 0.3) is 0 Å². The van der Waals surface area contributed by atoms with Gasteiger partial charge in [0.05, 0.1) is 0 Å². The highest BCUT2D eigenvalue weighted by atomic mass is 35.5. The minimum atomic E-state index is -4.69. The van der Waals surface area contributed by atoms with E-state index in [1.54, 1.807) is 0 Å². The SMILES string of the molecule is O=C(Cl)CCN1CCC(Oc2ccc(OC(F)(F)F)cc2)CC1. The second-order valence-corrected chi connectivity index (χ2v) is 5.70. The quantitative estimate of drug-likeness (QED) is 0.734. The number of hydrogen-bond acceptors (Lipinski definition) is 4. The van der Waals surface area contributed by atoms with Gasteiger partial charge < -0.3 is 14.4 Å². The summed E-state index contributed by atoms with van der Waals surface area (Å²) in [5.74, 6) is 0.235. The van der Waals surface area contributed by atoms with Gasteiger partial charge in [0, 0.05) is 26.1 Å². The monoisotopic (exact) mass is 351 g/mol. The van der Waals surface area contributed by atoms with E-state index in [2.05, 4.69) is 9.64 Å². The lowest BCUT2D eigenvalue weighted by Crippen LogP contribution is -2.39. The molecule has 128 valence electrons. The Labute approximate surface area is 137 Å². The number of hydrogen-bond donors (Lipinski definition) is 0. The summed E-state index contributed by atoms with van der Waals surface area (Å²) in [6.45, 7) is 2.23. The van der Waals surface area contributed by atoms with E-state index < -0.39 is 6.36 Å². The summed E-state index contributed by atoms with van der Waals surface area (Å²) < 4.78 is 45.8. The van der Waals surface area contributed by atoms with Gasteiger partial charge in [-0.15, -0.1) is 13.2 Å². The summed E-state index contributed by atoms with van der Waals surface area (Å²) in [7, 11) is 0. The van der Waals surface area contributed by atoms with Gasteiger partial charge in [0.2, 0.25) is 5.24 Å². The van der Waals surface area contributed by atoms with Crippen molar-refractivity contribution in [2.75, 3.05) is 19.6 Å². The van der Waals surface area contributed by atoms with Crippen molar-refractivity contribution >= 4 is 16.8 Å². The lowest BCUT2D eigenvalue weighted by Gasteiger charge is -2.31. The minimum Gasteiger partial charge on any atom is -0.490 e. The first-order valence-corrected chi connectivity index (χ1v) is 7.63. The Balaban J connectivity index is 1.77. The van der Waals surface area contributed by atoms with Crippen molar-refractivity contribution in [2.24, 2.45) is 0 Å². The van der Waals surface area contributed by atoms with E-state index in [-0.39, 0.29) is 17.1 Å². The molecular formula is C15H17ClF3NO3. The van der Waals surface area contributed by atoms with Crippen molar-refractivity contribution < 1.29 is 27.4 Å². The molecule has 0 bridgehead atoms. The number of alkyl halides is 3. The van der Waals surface area contributed by atoms with Crippen LogP contribution in [0.2, 0.25) is 0 Å². The Morgan fingerprint density at radius 3 is 2.26 bits per heavy atom. The fourth-order valence-corrected chi connectivity index (χ4v) is 2.49. The van der Waals surface area contributed by atoms with E-state index in [4.69, 9.17) is 16.3 Å². The van der Waals surface area contributed by atoms with E-state index in [1.807, 2.05) is 0 Å². The van der Waals surface area contributed by atoms with Crippen LogP contribution < -0.4 is 9.47 Å². The fourth-order valence-electron chi connectivity index (χ4n) is 2.41. The highest BCUT2D eigenvalue weighted by Gasteiger charge is 2.31. The fraction of sp³-hybridized carbons (Fsp3) is 0.533. The number of nitrogens with zero attached hydrogens (tertiary/aromatic N) is 1. The predicted octanol–water partition coefficient (Wildman–Crippen LogP) is 3.58. The van der Waals surface area contributed by atoms with Crippen molar-refractivity contribution in [3.05, 3.63) is 24.3 Å². The average Bonchev–Trinajstić information content (AvgIpc) is 2.47. The van der Waals surface area contributed by atoms with Crippen LogP contribution in [0.1, 0.15) is 19.3 Å². The number of carbonyl (C=O) groups is 1. The summed E-state index contributed by atoms with van der Waals surface area (Å²) in [6.07, 6.45) is -2.78. The maximum atomic E-state index is 12.1. The molecule has 0 aromatic heterocycles. The third-order valence-corrected chi connectivity index (χ3v) is 3.71. The summed E-state index contributed by atoms with van der Waals surface area (Å²) in [5.41, 5.74) is 0. The molecule has 0 atom stereocenters. The summed E-state index contributed by atoms with van der Waals surface area (Å²) in [5, 5.41) is -0.343. The molecule has 1 aromatic rings. The summed E-state index contributed by atoms with van der Waals surface area (Å²) in [4.78, 5) is 12.9. The number of ether oxygens (including phenoxy) is 2. The van der Waals surface area contributed by atoms with E-state index in [1.165, 1.54) is 24.3 Å². The zero-order valence-electron chi connectivity index (χ0n) is 12.3. The summed E-state index contributed by atoms with van der Waals surface area (Å²) >= 11 is 5.31. The van der Waals surface area contributed by atoms with Crippen LogP contribution in [0, 0.1) is 0 Å². The average molecular weight is 352 g/mol. The number of piperidine rings is 1. The van der Waals surface area contributed by atoms with Crippen LogP contribution >= 0.6 is 11.6 Å². The maximum absolute atomic E-state index is 12.1. The molecule has 1 aromatic carbocycles. The Kier molecular flexibility index (Phi) is 6.12. The molecule has 0 saturated carbocycles. The van der Waals surface area contributed by atoms with Gasteiger partial charge in [0.1, 0.15) is 17.6 Å². The van der Waals surface area contributed by atoms with Crippen molar-refractivity contribution in [1.29, 1.82) is 0 Å². The third-order valence-electron chi connectivity index (χ3n) is 3.52. The van der Waals surface area contributed by atoms with Crippen molar-refractivity contribution in [3.63, 3.8) is 0 Å². The molecule has 0 aliphatic carbocycles. The van der Waals surface area contributed by atoms with E-state index in [9.17, 15) is 18.0 Å². The Morgan fingerprint density at radius 1 is 1.17 bits per heavy atom. The predicted molar refractivity (Wildman–Crippen MR) is 78.7 cm³/mol. The highest BCUT2D eigenvalue weighted by molar-refractivity contribution is 6.63. The number of halogens is 4. The Morgan fingerprint density at radius 2 is 1.74 bits per heavy atom. The molecule has 1 aliphatic heterocycles. The first kappa shape index (κ1) is 17.9. The van der Waals surface area contributed by atoms with Gasteiger partial charge in [-0.3, -0.25) is 4.79 Å². The van der Waals surface area contributed by atoms with Crippen molar-refractivity contribution in [1.82, 2.24) is 4.90 Å². The molecule has 0 spiro atoms. The van der Waals surface area contributed by atoms with Crippen LogP contribution in [0.3, 0.4) is 0 Å². The number of benzene rings is 1. The maximum Gasteiger partial charge on any atom is 0.573 e. The first-order valence-electron chi connectivity index (χ1n) is 7.25.